The first kappa shape index (κ1) is 35.8. The van der Waals surface area contributed by atoms with Crippen molar-refractivity contribution in [1.82, 2.24) is 19.4 Å². The first-order valence-electron chi connectivity index (χ1n) is 17.8. The van der Waals surface area contributed by atoms with Crippen LogP contribution in [0.3, 0.4) is 0 Å². The van der Waals surface area contributed by atoms with Crippen LogP contribution in [0.15, 0.2) is 64.5 Å². The van der Waals surface area contributed by atoms with Gasteiger partial charge in [-0.25, -0.2) is 4.79 Å². The molecule has 1 saturated heterocycles. The number of nitrogens with zero attached hydrogens (tertiary/aromatic N) is 4. The maximum atomic E-state index is 13.9. The number of nitrogens with two attached hydrogens (primary N) is 2. The molecule has 2 aliphatic rings. The zero-order valence-electron chi connectivity index (χ0n) is 28.6. The first-order valence-corrected chi connectivity index (χ1v) is 17.8. The van der Waals surface area contributed by atoms with Crippen LogP contribution in [-0.2, 0) is 12.6 Å². The van der Waals surface area contributed by atoms with Crippen molar-refractivity contribution in [2.45, 2.75) is 95.4 Å². The minimum atomic E-state index is -4.50. The summed E-state index contributed by atoms with van der Waals surface area (Å²) in [6, 6.07) is 14.1. The second-order valence-corrected chi connectivity index (χ2v) is 14.0. The fourth-order valence-electron chi connectivity index (χ4n) is 7.42. The average Bonchev–Trinajstić information content (AvgIpc) is 3.86. The standard InChI is InChI=1S/C38H47F4N7O/c1-24(43)45-17-15-31-6-3-8-35(48(31)18-4-16-39)27-11-13-32(14-12-27)49-23-29-22-34(46-36(29)47-37(49)50)28-19-25(20-30(21-28)38(40,41)42)5-2-7-33(44)26-9-10-26/h11-14,19-23,26,31,33,35H,2-10,15-18,44H2,1H3,(H2,43,45)(H,46,47,50)/t31-,33+,35-/m0/s1. The predicted octanol–water partition coefficient (Wildman–Crippen LogP) is 7.48. The molecule has 0 unspecified atom stereocenters. The summed E-state index contributed by atoms with van der Waals surface area (Å²) in [5.41, 5.74) is 14.2. The third kappa shape index (κ3) is 8.63. The van der Waals surface area contributed by atoms with Crippen LogP contribution in [0.4, 0.5) is 17.6 Å². The van der Waals surface area contributed by atoms with Crippen molar-refractivity contribution >= 4 is 16.9 Å². The molecular weight excluding hydrogens is 646 g/mol. The zero-order chi connectivity index (χ0) is 35.4. The third-order valence-corrected chi connectivity index (χ3v) is 10.2. The van der Waals surface area contributed by atoms with Crippen LogP contribution < -0.4 is 17.2 Å². The molecule has 3 atom stereocenters. The molecule has 2 aromatic carbocycles. The number of likely N-dealkylation sites (tertiary alicyclic amines) is 1. The van der Waals surface area contributed by atoms with Crippen molar-refractivity contribution < 1.29 is 17.6 Å². The van der Waals surface area contributed by atoms with Crippen molar-refractivity contribution in [3.63, 3.8) is 0 Å². The van der Waals surface area contributed by atoms with E-state index >= 15 is 0 Å². The van der Waals surface area contributed by atoms with E-state index in [0.29, 0.717) is 77.6 Å². The number of nitrogens with one attached hydrogen (secondary N) is 1. The van der Waals surface area contributed by atoms with Crippen molar-refractivity contribution in [2.75, 3.05) is 19.8 Å². The van der Waals surface area contributed by atoms with E-state index < -0.39 is 17.4 Å². The Bertz CT molecular complexity index is 1840. The predicted molar refractivity (Wildman–Crippen MR) is 190 cm³/mol. The Hall–Kier alpha value is -4.03. The van der Waals surface area contributed by atoms with E-state index in [-0.39, 0.29) is 24.8 Å². The molecule has 5 N–H and O–H groups in total. The summed E-state index contributed by atoms with van der Waals surface area (Å²) < 4.78 is 56.5. The summed E-state index contributed by atoms with van der Waals surface area (Å²) in [6.07, 6.45) is 5.75. The summed E-state index contributed by atoms with van der Waals surface area (Å²) in [5, 5.41) is 0.598. The van der Waals surface area contributed by atoms with Gasteiger partial charge in [-0.1, -0.05) is 12.1 Å². The van der Waals surface area contributed by atoms with Gasteiger partial charge in [0.2, 0.25) is 0 Å². The molecule has 2 aromatic heterocycles. The molecule has 0 spiro atoms. The second-order valence-electron chi connectivity index (χ2n) is 14.0. The van der Waals surface area contributed by atoms with Crippen molar-refractivity contribution in [2.24, 2.45) is 22.4 Å². The molecular formula is C38H47F4N7O. The lowest BCUT2D eigenvalue weighted by molar-refractivity contribution is -0.137. The van der Waals surface area contributed by atoms with Gasteiger partial charge in [0.05, 0.1) is 23.8 Å². The normalized spacial score (nSPS) is 19.7. The monoisotopic (exact) mass is 693 g/mol. The zero-order valence-corrected chi connectivity index (χ0v) is 28.6. The smallest absolute Gasteiger partial charge is 0.388 e. The van der Waals surface area contributed by atoms with Crippen LogP contribution in [-0.4, -0.2) is 57.1 Å². The molecule has 12 heteroatoms. The van der Waals surface area contributed by atoms with E-state index in [1.54, 1.807) is 25.3 Å². The van der Waals surface area contributed by atoms with Gasteiger partial charge in [-0.15, -0.1) is 0 Å². The van der Waals surface area contributed by atoms with Gasteiger partial charge in [-0.05, 0) is 130 Å². The van der Waals surface area contributed by atoms with Crippen LogP contribution in [0, 0.1) is 5.92 Å². The highest BCUT2D eigenvalue weighted by atomic mass is 19.4. The van der Waals surface area contributed by atoms with Crippen molar-refractivity contribution in [3.8, 4) is 16.9 Å². The summed E-state index contributed by atoms with van der Waals surface area (Å²) in [4.78, 5) is 27.3. The van der Waals surface area contributed by atoms with Gasteiger partial charge in [0, 0.05) is 48.5 Å². The van der Waals surface area contributed by atoms with Crippen molar-refractivity contribution in [3.05, 3.63) is 81.9 Å². The molecule has 1 aliphatic carbocycles. The van der Waals surface area contributed by atoms with E-state index in [0.717, 1.165) is 56.6 Å². The van der Waals surface area contributed by atoms with Crippen LogP contribution >= 0.6 is 0 Å². The average molecular weight is 694 g/mol. The first-order chi connectivity index (χ1) is 24.0. The summed E-state index contributed by atoms with van der Waals surface area (Å²) in [7, 11) is 0. The fraction of sp³-hybridized carbons (Fsp3) is 0.500. The maximum absolute atomic E-state index is 13.9. The van der Waals surface area contributed by atoms with Gasteiger partial charge >= 0.3 is 11.9 Å². The second kappa shape index (κ2) is 15.5. The molecule has 268 valence electrons. The number of aromatic nitrogens is 3. The number of aryl methyl sites for hydroxylation is 1. The quantitative estimate of drug-likeness (QED) is 0.0719. The molecule has 2 fully saturated rings. The van der Waals surface area contributed by atoms with Gasteiger partial charge in [-0.3, -0.25) is 18.8 Å². The molecule has 3 heterocycles. The number of amidine groups is 1. The van der Waals surface area contributed by atoms with Gasteiger partial charge in [0.1, 0.15) is 5.65 Å². The maximum Gasteiger partial charge on any atom is 0.416 e. The minimum absolute atomic E-state index is 0.0996. The van der Waals surface area contributed by atoms with E-state index in [4.69, 9.17) is 11.5 Å². The highest BCUT2D eigenvalue weighted by Crippen LogP contribution is 2.37. The molecule has 4 aromatic rings. The van der Waals surface area contributed by atoms with Crippen LogP contribution in [0.25, 0.3) is 28.0 Å². The number of hydrogen-bond acceptors (Lipinski definition) is 5. The largest absolute Gasteiger partial charge is 0.416 e. The molecule has 50 heavy (non-hydrogen) atoms. The van der Waals surface area contributed by atoms with Gasteiger partial charge in [-0.2, -0.15) is 18.2 Å². The number of rotatable bonds is 14. The number of fused-ring (bicyclic) bond motifs is 1. The van der Waals surface area contributed by atoms with E-state index in [9.17, 15) is 22.4 Å². The van der Waals surface area contributed by atoms with E-state index in [1.165, 1.54) is 10.6 Å². The fourth-order valence-corrected chi connectivity index (χ4v) is 7.42. The number of H-pyrrole nitrogens is 1. The molecule has 1 saturated carbocycles. The lowest BCUT2D eigenvalue weighted by Gasteiger charge is -2.42. The topological polar surface area (TPSA) is 118 Å². The summed E-state index contributed by atoms with van der Waals surface area (Å²) in [6.45, 7) is 2.68. The Morgan fingerprint density at radius 3 is 2.56 bits per heavy atom. The summed E-state index contributed by atoms with van der Waals surface area (Å²) in [5.74, 6) is 1.10. The van der Waals surface area contributed by atoms with Gasteiger partial charge in [0.25, 0.3) is 0 Å². The molecule has 0 bridgehead atoms. The number of alkyl halides is 4. The van der Waals surface area contributed by atoms with Gasteiger partial charge in [0.15, 0.2) is 0 Å². The number of benzene rings is 2. The Kier molecular flexibility index (Phi) is 11.1. The Balaban J connectivity index is 1.23. The number of halogens is 4. The Morgan fingerprint density at radius 2 is 1.86 bits per heavy atom. The molecule has 8 nitrogen and oxygen atoms in total. The van der Waals surface area contributed by atoms with E-state index in [2.05, 4.69) is 19.9 Å². The molecule has 1 aliphatic heterocycles. The van der Waals surface area contributed by atoms with Crippen LogP contribution in [0.5, 0.6) is 0 Å². The number of hydrogen-bond donors (Lipinski definition) is 3. The lowest BCUT2D eigenvalue weighted by Crippen LogP contribution is -2.43. The van der Waals surface area contributed by atoms with Crippen molar-refractivity contribution in [1.29, 1.82) is 0 Å². The lowest BCUT2D eigenvalue weighted by atomic mass is 9.89. The van der Waals surface area contributed by atoms with Crippen LogP contribution in [0.1, 0.15) is 87.4 Å². The number of aromatic amines is 1. The molecule has 6 rings (SSSR count). The third-order valence-electron chi connectivity index (χ3n) is 10.2. The Labute approximate surface area is 290 Å². The van der Waals surface area contributed by atoms with Gasteiger partial charge < -0.3 is 16.5 Å². The summed E-state index contributed by atoms with van der Waals surface area (Å²) >= 11 is 0. The highest BCUT2D eigenvalue weighted by Gasteiger charge is 2.33. The number of aliphatic imine (C=N–C) groups is 1. The highest BCUT2D eigenvalue weighted by molar-refractivity contribution is 5.83. The minimum Gasteiger partial charge on any atom is -0.388 e. The van der Waals surface area contributed by atoms with E-state index in [1.807, 2.05) is 24.3 Å². The van der Waals surface area contributed by atoms with Crippen LogP contribution in [0.2, 0.25) is 0 Å². The number of piperidine rings is 1. The molecule has 0 amide bonds. The SMILES string of the molecule is CC(N)=NCC[C@@H]1CCC[C@@H](c2ccc(-n3cc4cc(-c5cc(CCC[C@@H](N)C6CC6)cc(C(F)(F)F)c5)[nH]c4nc3=O)cc2)N1CCCF. The molecule has 0 radical (unpaired) electrons. The Morgan fingerprint density at radius 1 is 1.08 bits per heavy atom.